The lowest BCUT2D eigenvalue weighted by atomic mass is 10.2. The zero-order valence-corrected chi connectivity index (χ0v) is 14.1. The average molecular weight is 355 g/mol. The van der Waals surface area contributed by atoms with Gasteiger partial charge in [0.1, 0.15) is 5.69 Å². The third-order valence-corrected chi connectivity index (χ3v) is 3.86. The lowest BCUT2D eigenvalue weighted by Gasteiger charge is -2.04. The molecule has 25 heavy (non-hydrogen) atoms. The molecule has 3 aromatic rings. The Morgan fingerprint density at radius 1 is 1.16 bits per heavy atom. The van der Waals surface area contributed by atoms with E-state index in [-0.39, 0.29) is 11.6 Å². The summed E-state index contributed by atoms with van der Waals surface area (Å²) in [6, 6.07) is 14.5. The Kier molecular flexibility index (Phi) is 4.86. The van der Waals surface area contributed by atoms with Gasteiger partial charge in [-0.15, -0.1) is 0 Å². The molecule has 2 aromatic carbocycles. The van der Waals surface area contributed by atoms with Crippen LogP contribution in [-0.4, -0.2) is 24.0 Å². The lowest BCUT2D eigenvalue weighted by molar-refractivity contribution is -0.111. The molecule has 5 nitrogen and oxygen atoms in total. The highest BCUT2D eigenvalue weighted by molar-refractivity contribution is 6.31. The Bertz CT molecular complexity index is 961. The predicted molar refractivity (Wildman–Crippen MR) is 98.8 cm³/mol. The number of carbonyl (C=O) groups excluding carboxylic acids is 2. The Labute approximate surface area is 149 Å². The minimum absolute atomic E-state index is 0.168. The first-order valence-electron chi connectivity index (χ1n) is 7.52. The zero-order chi connectivity index (χ0) is 17.8. The molecule has 0 spiro atoms. The Morgan fingerprint density at radius 3 is 2.64 bits per heavy atom. The third-order valence-electron chi connectivity index (χ3n) is 3.63. The molecule has 0 bridgehead atoms. The van der Waals surface area contributed by atoms with Crippen LogP contribution in [0.2, 0.25) is 5.02 Å². The number of anilines is 1. The van der Waals surface area contributed by atoms with E-state index in [1.54, 1.807) is 24.3 Å². The molecule has 0 radical (unpaired) electrons. The number of ether oxygens (including phenoxy) is 1. The largest absolute Gasteiger partial charge is 0.464 e. The average Bonchev–Trinajstić information content (AvgIpc) is 2.98. The van der Waals surface area contributed by atoms with Crippen molar-refractivity contribution in [1.29, 1.82) is 0 Å². The van der Waals surface area contributed by atoms with Crippen LogP contribution in [0.4, 0.5) is 5.69 Å². The van der Waals surface area contributed by atoms with Crippen molar-refractivity contribution in [2.24, 2.45) is 0 Å². The Morgan fingerprint density at radius 2 is 1.92 bits per heavy atom. The summed E-state index contributed by atoms with van der Waals surface area (Å²) in [7, 11) is 1.28. The molecule has 0 aliphatic rings. The summed E-state index contributed by atoms with van der Waals surface area (Å²) in [6.07, 6.45) is 3.09. The van der Waals surface area contributed by atoms with Crippen molar-refractivity contribution in [1.82, 2.24) is 4.98 Å². The van der Waals surface area contributed by atoms with Crippen molar-refractivity contribution in [2.45, 2.75) is 0 Å². The van der Waals surface area contributed by atoms with Crippen LogP contribution in [0.15, 0.2) is 54.6 Å². The van der Waals surface area contributed by atoms with E-state index < -0.39 is 5.97 Å². The van der Waals surface area contributed by atoms with Gasteiger partial charge in [0, 0.05) is 22.0 Å². The Balaban J connectivity index is 1.93. The number of esters is 1. The number of carbonyl (C=O) groups is 2. The molecule has 1 amide bonds. The van der Waals surface area contributed by atoms with E-state index in [4.69, 9.17) is 16.3 Å². The number of benzene rings is 2. The van der Waals surface area contributed by atoms with Crippen molar-refractivity contribution in [3.05, 3.63) is 70.9 Å². The van der Waals surface area contributed by atoms with Gasteiger partial charge >= 0.3 is 5.97 Å². The maximum atomic E-state index is 12.3. The number of methoxy groups -OCH3 is 1. The van der Waals surface area contributed by atoms with Gasteiger partial charge in [-0.2, -0.15) is 0 Å². The number of halogens is 1. The molecule has 0 saturated carbocycles. The molecule has 2 N–H and O–H groups in total. The molecule has 0 unspecified atom stereocenters. The number of H-pyrrole nitrogens is 1. The van der Waals surface area contributed by atoms with Crippen LogP contribution in [0, 0.1) is 0 Å². The second-order valence-electron chi connectivity index (χ2n) is 5.29. The van der Waals surface area contributed by atoms with Gasteiger partial charge in [-0.3, -0.25) is 4.79 Å². The molecule has 126 valence electrons. The van der Waals surface area contributed by atoms with Crippen molar-refractivity contribution < 1.29 is 14.3 Å². The van der Waals surface area contributed by atoms with E-state index >= 15 is 0 Å². The van der Waals surface area contributed by atoms with Gasteiger partial charge < -0.3 is 15.0 Å². The number of aromatic nitrogens is 1. The standard InChI is InChI=1S/C19H15ClN2O3/c1-25-19(24)18-17(14-11-13(20)8-9-15(14)21-18)22-16(23)10-7-12-5-3-2-4-6-12/h2-11,21H,1H3,(H,22,23)/b10-7+. The van der Waals surface area contributed by atoms with Gasteiger partial charge in [-0.05, 0) is 29.8 Å². The molecule has 0 atom stereocenters. The van der Waals surface area contributed by atoms with Crippen molar-refractivity contribution in [3.63, 3.8) is 0 Å². The second-order valence-corrected chi connectivity index (χ2v) is 5.73. The summed E-state index contributed by atoms with van der Waals surface area (Å²) in [5.74, 6) is -0.940. The molecule has 1 aromatic heterocycles. The number of aromatic amines is 1. The number of amides is 1. The van der Waals surface area contributed by atoms with Gasteiger partial charge in [-0.25, -0.2) is 4.79 Å². The molecule has 6 heteroatoms. The lowest BCUT2D eigenvalue weighted by Crippen LogP contribution is -2.12. The fourth-order valence-corrected chi connectivity index (χ4v) is 2.62. The van der Waals surface area contributed by atoms with E-state index in [1.807, 2.05) is 30.3 Å². The van der Waals surface area contributed by atoms with Crippen LogP contribution in [0.5, 0.6) is 0 Å². The third kappa shape index (κ3) is 3.72. The normalized spacial score (nSPS) is 11.0. The number of fused-ring (bicyclic) bond motifs is 1. The van der Waals surface area contributed by atoms with E-state index in [1.165, 1.54) is 13.2 Å². The fourth-order valence-electron chi connectivity index (χ4n) is 2.45. The predicted octanol–water partition coefficient (Wildman–Crippen LogP) is 4.26. The van der Waals surface area contributed by atoms with Crippen LogP contribution >= 0.6 is 11.6 Å². The van der Waals surface area contributed by atoms with Crippen LogP contribution in [0.25, 0.3) is 17.0 Å². The van der Waals surface area contributed by atoms with E-state index in [0.717, 1.165) is 5.56 Å². The minimum Gasteiger partial charge on any atom is -0.464 e. The van der Waals surface area contributed by atoms with Gasteiger partial charge in [0.25, 0.3) is 0 Å². The molecule has 1 heterocycles. The van der Waals surface area contributed by atoms with E-state index in [9.17, 15) is 9.59 Å². The SMILES string of the molecule is COC(=O)c1[nH]c2ccc(Cl)cc2c1NC(=O)/C=C/c1ccccc1. The minimum atomic E-state index is -0.574. The second kappa shape index (κ2) is 7.23. The smallest absolute Gasteiger partial charge is 0.356 e. The molecule has 0 saturated heterocycles. The first kappa shape index (κ1) is 16.8. The first-order valence-corrected chi connectivity index (χ1v) is 7.90. The number of hydrogen-bond donors (Lipinski definition) is 2. The quantitative estimate of drug-likeness (QED) is 0.543. The van der Waals surface area contributed by atoms with Crippen LogP contribution < -0.4 is 5.32 Å². The number of nitrogens with one attached hydrogen (secondary N) is 2. The van der Waals surface area contributed by atoms with Gasteiger partial charge in [0.05, 0.1) is 12.8 Å². The summed E-state index contributed by atoms with van der Waals surface area (Å²) in [5, 5.41) is 3.86. The van der Waals surface area contributed by atoms with Gasteiger partial charge in [-0.1, -0.05) is 41.9 Å². The Hall–Kier alpha value is -3.05. The first-order chi connectivity index (χ1) is 12.1. The van der Waals surface area contributed by atoms with Gasteiger partial charge in [0.2, 0.25) is 5.91 Å². The van der Waals surface area contributed by atoms with E-state index in [2.05, 4.69) is 10.3 Å². The topological polar surface area (TPSA) is 71.2 Å². The van der Waals surface area contributed by atoms with Gasteiger partial charge in [0.15, 0.2) is 0 Å². The number of rotatable bonds is 4. The van der Waals surface area contributed by atoms with Crippen molar-refractivity contribution >= 4 is 46.1 Å². The highest BCUT2D eigenvalue weighted by atomic mass is 35.5. The molecule has 0 aliphatic carbocycles. The molecule has 0 aliphatic heterocycles. The number of hydrogen-bond acceptors (Lipinski definition) is 3. The fraction of sp³-hybridized carbons (Fsp3) is 0.0526. The zero-order valence-electron chi connectivity index (χ0n) is 13.4. The molecule has 0 fully saturated rings. The maximum absolute atomic E-state index is 12.3. The highest BCUT2D eigenvalue weighted by Gasteiger charge is 2.19. The summed E-state index contributed by atoms with van der Waals surface area (Å²) in [4.78, 5) is 27.2. The van der Waals surface area contributed by atoms with Crippen LogP contribution in [0.1, 0.15) is 16.1 Å². The molecular weight excluding hydrogens is 340 g/mol. The maximum Gasteiger partial charge on any atom is 0.356 e. The van der Waals surface area contributed by atoms with Crippen LogP contribution in [0.3, 0.4) is 0 Å². The monoisotopic (exact) mass is 354 g/mol. The molecule has 3 rings (SSSR count). The van der Waals surface area contributed by atoms with Crippen LogP contribution in [-0.2, 0) is 9.53 Å². The summed E-state index contributed by atoms with van der Waals surface area (Å²) >= 11 is 6.03. The van der Waals surface area contributed by atoms with Crippen molar-refractivity contribution in [2.75, 3.05) is 12.4 Å². The summed E-state index contributed by atoms with van der Waals surface area (Å²) < 4.78 is 4.78. The van der Waals surface area contributed by atoms with Crippen molar-refractivity contribution in [3.8, 4) is 0 Å². The summed E-state index contributed by atoms with van der Waals surface area (Å²) in [5.41, 5.74) is 2.08. The molecular formula is C19H15ClN2O3. The highest BCUT2D eigenvalue weighted by Crippen LogP contribution is 2.30. The summed E-state index contributed by atoms with van der Waals surface area (Å²) in [6.45, 7) is 0. The van der Waals surface area contributed by atoms with E-state index in [0.29, 0.717) is 21.6 Å².